The first-order chi connectivity index (χ1) is 11.8. The average Bonchev–Trinajstić information content (AvgIpc) is 3.25. The smallest absolute Gasteiger partial charge is 0.256 e. The molecule has 3 aromatic rings. The fraction of sp³-hybridized carbons (Fsp3) is 0.333. The molecule has 7 heteroatoms. The summed E-state index contributed by atoms with van der Waals surface area (Å²) in [5.41, 5.74) is -0.121. The number of aliphatic hydroxyl groups is 1. The molecular weight excluding hydrogens is 320 g/mol. The molecule has 0 radical (unpaired) electrons. The average molecular weight is 342 g/mol. The molecule has 0 aliphatic carbocycles. The van der Waals surface area contributed by atoms with E-state index >= 15 is 0 Å². The predicted molar refractivity (Wildman–Crippen MR) is 92.6 cm³/mol. The van der Waals surface area contributed by atoms with Crippen LogP contribution in [0.3, 0.4) is 0 Å². The third-order valence-electron chi connectivity index (χ3n) is 4.22. The first kappa shape index (κ1) is 17.0. The molecule has 0 saturated heterocycles. The largest absolute Gasteiger partial charge is 0.466 e. The van der Waals surface area contributed by atoms with Crippen LogP contribution in [0, 0.1) is 13.8 Å². The van der Waals surface area contributed by atoms with E-state index in [1.54, 1.807) is 31.6 Å². The van der Waals surface area contributed by atoms with Gasteiger partial charge in [-0.05, 0) is 39.0 Å². The second-order valence-corrected chi connectivity index (χ2v) is 6.38. The Hall–Kier alpha value is -2.80. The minimum Gasteiger partial charge on any atom is -0.466 e. The van der Waals surface area contributed by atoms with Crippen LogP contribution in [-0.4, -0.2) is 31.9 Å². The molecule has 132 valence electrons. The number of nitrogens with one attached hydrogen (secondary N) is 1. The van der Waals surface area contributed by atoms with Gasteiger partial charge in [0.2, 0.25) is 0 Å². The van der Waals surface area contributed by atoms with Gasteiger partial charge in [-0.3, -0.25) is 9.48 Å². The first-order valence-corrected chi connectivity index (χ1v) is 8.03. The number of carbonyl (C=O) groups excluding carboxylic acids is 1. The van der Waals surface area contributed by atoms with Gasteiger partial charge in [0.25, 0.3) is 5.91 Å². The van der Waals surface area contributed by atoms with Crippen LogP contribution in [-0.2, 0) is 12.6 Å². The van der Waals surface area contributed by atoms with Crippen molar-refractivity contribution in [1.82, 2.24) is 19.7 Å². The highest BCUT2D eigenvalue weighted by Crippen LogP contribution is 2.26. The Balaban J connectivity index is 1.79. The maximum Gasteiger partial charge on any atom is 0.256 e. The van der Waals surface area contributed by atoms with E-state index in [9.17, 15) is 9.90 Å². The molecule has 25 heavy (non-hydrogen) atoms. The number of furan rings is 1. The van der Waals surface area contributed by atoms with Crippen molar-refractivity contribution in [3.8, 4) is 5.82 Å². The highest BCUT2D eigenvalue weighted by Gasteiger charge is 2.29. The summed E-state index contributed by atoms with van der Waals surface area (Å²) in [5.74, 6) is 1.74. The number of nitrogens with zero attached hydrogens (tertiary/aromatic N) is 3. The van der Waals surface area contributed by atoms with Gasteiger partial charge >= 0.3 is 0 Å². The lowest BCUT2D eigenvalue weighted by Crippen LogP contribution is -2.39. The zero-order chi connectivity index (χ0) is 18.2. The minimum absolute atomic E-state index is 0.0612. The lowest BCUT2D eigenvalue weighted by atomic mass is 9.96. The van der Waals surface area contributed by atoms with E-state index in [4.69, 9.17) is 4.42 Å². The quantitative estimate of drug-likeness (QED) is 0.743. The van der Waals surface area contributed by atoms with Gasteiger partial charge in [0, 0.05) is 25.0 Å². The predicted octanol–water partition coefficient (Wildman–Crippen LogP) is 2.06. The molecule has 1 atom stereocenters. The van der Waals surface area contributed by atoms with Gasteiger partial charge < -0.3 is 19.4 Å². The number of aryl methyl sites for hydroxylation is 3. The number of hydrogen-bond donors (Lipinski definition) is 2. The Kier molecular flexibility index (Phi) is 4.26. The van der Waals surface area contributed by atoms with Crippen LogP contribution in [0.5, 0.6) is 0 Å². The van der Waals surface area contributed by atoms with Crippen molar-refractivity contribution in [1.29, 1.82) is 0 Å². The van der Waals surface area contributed by atoms with E-state index in [1.807, 2.05) is 36.0 Å². The number of aromatic nitrogens is 3. The lowest BCUT2D eigenvalue weighted by Gasteiger charge is -2.23. The van der Waals surface area contributed by atoms with Crippen LogP contribution in [0.4, 0.5) is 0 Å². The number of rotatable bonds is 5. The molecule has 0 aliphatic heterocycles. The maximum absolute atomic E-state index is 12.6. The van der Waals surface area contributed by atoms with Gasteiger partial charge in [0.05, 0.1) is 12.7 Å². The van der Waals surface area contributed by atoms with Crippen molar-refractivity contribution in [3.63, 3.8) is 0 Å². The molecule has 0 aliphatic rings. The molecule has 0 spiro atoms. The maximum atomic E-state index is 12.6. The molecular formula is C18H22N4O3. The van der Waals surface area contributed by atoms with Gasteiger partial charge in [-0.2, -0.15) is 5.10 Å². The molecule has 2 N–H and O–H groups in total. The SMILES string of the molecule is Cc1cc(C(C)(O)CNC(=O)c2cnn(C)c2-n2cccc2)c(C)o1. The molecule has 0 bridgehead atoms. The summed E-state index contributed by atoms with van der Waals surface area (Å²) in [7, 11) is 1.78. The summed E-state index contributed by atoms with van der Waals surface area (Å²) in [6.45, 7) is 5.33. The highest BCUT2D eigenvalue weighted by atomic mass is 16.3. The topological polar surface area (TPSA) is 85.2 Å². The highest BCUT2D eigenvalue weighted by molar-refractivity contribution is 5.97. The van der Waals surface area contributed by atoms with E-state index in [-0.39, 0.29) is 12.5 Å². The molecule has 1 unspecified atom stereocenters. The third kappa shape index (κ3) is 3.23. The summed E-state index contributed by atoms with van der Waals surface area (Å²) in [5, 5.41) is 17.7. The van der Waals surface area contributed by atoms with E-state index in [0.29, 0.717) is 22.7 Å². The fourth-order valence-corrected chi connectivity index (χ4v) is 2.98. The zero-order valence-corrected chi connectivity index (χ0v) is 14.8. The molecule has 7 nitrogen and oxygen atoms in total. The summed E-state index contributed by atoms with van der Waals surface area (Å²) in [4.78, 5) is 12.6. The number of carbonyl (C=O) groups is 1. The molecule has 3 heterocycles. The van der Waals surface area contributed by atoms with Gasteiger partial charge in [-0.15, -0.1) is 0 Å². The van der Waals surface area contributed by atoms with Crippen LogP contribution in [0.2, 0.25) is 0 Å². The Morgan fingerprint density at radius 1 is 1.36 bits per heavy atom. The Bertz CT molecular complexity index is 888. The van der Waals surface area contributed by atoms with Gasteiger partial charge in [0.1, 0.15) is 28.5 Å². The number of amides is 1. The van der Waals surface area contributed by atoms with E-state index in [1.165, 1.54) is 6.20 Å². The first-order valence-electron chi connectivity index (χ1n) is 8.03. The van der Waals surface area contributed by atoms with Gasteiger partial charge in [0.15, 0.2) is 0 Å². The second-order valence-electron chi connectivity index (χ2n) is 6.38. The van der Waals surface area contributed by atoms with Crippen molar-refractivity contribution < 1.29 is 14.3 Å². The minimum atomic E-state index is -1.23. The molecule has 1 amide bonds. The van der Waals surface area contributed by atoms with Crippen LogP contribution >= 0.6 is 0 Å². The van der Waals surface area contributed by atoms with Crippen molar-refractivity contribution in [2.24, 2.45) is 7.05 Å². The molecule has 3 aromatic heterocycles. The third-order valence-corrected chi connectivity index (χ3v) is 4.22. The van der Waals surface area contributed by atoms with E-state index in [2.05, 4.69) is 10.4 Å². The summed E-state index contributed by atoms with van der Waals surface area (Å²) in [6.07, 6.45) is 5.22. The van der Waals surface area contributed by atoms with Crippen molar-refractivity contribution in [3.05, 3.63) is 59.4 Å². The standard InChI is InChI=1S/C18H22N4O3/c1-12-9-15(13(2)25-12)18(3,24)11-19-16(23)14-10-20-21(4)17(14)22-7-5-6-8-22/h5-10,24H,11H2,1-4H3,(H,19,23). The summed E-state index contributed by atoms with van der Waals surface area (Å²) >= 11 is 0. The Morgan fingerprint density at radius 2 is 2.04 bits per heavy atom. The van der Waals surface area contributed by atoms with Crippen molar-refractivity contribution in [2.75, 3.05) is 6.54 Å². The fourth-order valence-electron chi connectivity index (χ4n) is 2.98. The second kappa shape index (κ2) is 6.25. The molecule has 0 aromatic carbocycles. The normalized spacial score (nSPS) is 13.6. The zero-order valence-electron chi connectivity index (χ0n) is 14.8. The number of hydrogen-bond acceptors (Lipinski definition) is 4. The molecule has 0 saturated carbocycles. The molecule has 3 rings (SSSR count). The van der Waals surface area contributed by atoms with Gasteiger partial charge in [-0.25, -0.2) is 0 Å². The summed E-state index contributed by atoms with van der Waals surface area (Å²) < 4.78 is 8.93. The van der Waals surface area contributed by atoms with Crippen molar-refractivity contribution in [2.45, 2.75) is 26.4 Å². The van der Waals surface area contributed by atoms with E-state index < -0.39 is 5.60 Å². The van der Waals surface area contributed by atoms with Crippen LogP contribution in [0.25, 0.3) is 5.82 Å². The van der Waals surface area contributed by atoms with E-state index in [0.717, 1.165) is 5.76 Å². The van der Waals surface area contributed by atoms with Crippen molar-refractivity contribution >= 4 is 5.91 Å². The van der Waals surface area contributed by atoms with Gasteiger partial charge in [-0.1, -0.05) is 0 Å². The van der Waals surface area contributed by atoms with Crippen LogP contribution < -0.4 is 5.32 Å². The van der Waals surface area contributed by atoms with Crippen LogP contribution in [0.1, 0.15) is 34.4 Å². The van der Waals surface area contributed by atoms with Crippen LogP contribution in [0.15, 0.2) is 41.2 Å². The molecule has 0 fully saturated rings. The summed E-state index contributed by atoms with van der Waals surface area (Å²) in [6, 6.07) is 5.55. The Morgan fingerprint density at radius 3 is 2.64 bits per heavy atom. The monoisotopic (exact) mass is 342 g/mol. The Labute approximate surface area is 145 Å². The lowest BCUT2D eigenvalue weighted by molar-refractivity contribution is 0.0514.